The van der Waals surface area contributed by atoms with Gasteiger partial charge in [-0.1, -0.05) is 29.8 Å². The lowest BCUT2D eigenvalue weighted by atomic mass is 10.2. The Balaban J connectivity index is 2.30. The fourth-order valence-electron chi connectivity index (χ4n) is 2.33. The van der Waals surface area contributed by atoms with Crippen molar-refractivity contribution in [2.45, 2.75) is 13.5 Å². The number of rotatable bonds is 3. The third-order valence-corrected chi connectivity index (χ3v) is 4.12. The van der Waals surface area contributed by atoms with Gasteiger partial charge in [-0.2, -0.15) is 0 Å². The fraction of sp³-hybridized carbons (Fsp3) is 0.214. The number of halogens is 2. The van der Waals surface area contributed by atoms with Gasteiger partial charge in [0.15, 0.2) is 0 Å². The first-order valence-corrected chi connectivity index (χ1v) is 7.72. The number of hydrogen-bond donors (Lipinski definition) is 0. The van der Waals surface area contributed by atoms with Gasteiger partial charge < -0.3 is 4.74 Å². The Morgan fingerprint density at radius 3 is 2.86 bits per heavy atom. The van der Waals surface area contributed by atoms with E-state index in [-0.39, 0.29) is 18.7 Å². The summed E-state index contributed by atoms with van der Waals surface area (Å²) in [5.74, 6) is -0.527. The first-order chi connectivity index (χ1) is 10.5. The van der Waals surface area contributed by atoms with Crippen LogP contribution in [0.1, 0.15) is 6.92 Å². The van der Waals surface area contributed by atoms with E-state index in [0.717, 1.165) is 15.6 Å². The maximum absolute atomic E-state index is 12.6. The predicted octanol–water partition coefficient (Wildman–Crippen LogP) is 2.63. The largest absolute Gasteiger partial charge is 0.465 e. The second-order valence-electron chi connectivity index (χ2n) is 4.55. The highest BCUT2D eigenvalue weighted by Crippen LogP contribution is 2.30. The molecule has 6 nitrogen and oxygen atoms in total. The molecule has 0 bridgehead atoms. The highest BCUT2D eigenvalue weighted by atomic mass is 79.9. The molecule has 8 heteroatoms. The number of esters is 1. The highest BCUT2D eigenvalue weighted by molar-refractivity contribution is 9.10. The molecule has 2 aromatic heterocycles. The molecule has 3 rings (SSSR count). The van der Waals surface area contributed by atoms with Gasteiger partial charge in [0, 0.05) is 5.39 Å². The fourth-order valence-corrected chi connectivity index (χ4v) is 3.21. The molecule has 0 saturated heterocycles. The quantitative estimate of drug-likeness (QED) is 0.651. The first-order valence-electron chi connectivity index (χ1n) is 6.55. The van der Waals surface area contributed by atoms with E-state index < -0.39 is 11.5 Å². The Kier molecular flexibility index (Phi) is 3.92. The van der Waals surface area contributed by atoms with Crippen molar-refractivity contribution >= 4 is 49.9 Å². The molecule has 2 heterocycles. The van der Waals surface area contributed by atoms with Gasteiger partial charge in [-0.25, -0.2) is 4.68 Å². The lowest BCUT2D eigenvalue weighted by Crippen LogP contribution is -2.29. The monoisotopic (exact) mass is 383 g/mol. The lowest BCUT2D eigenvalue weighted by Gasteiger charge is -2.07. The van der Waals surface area contributed by atoms with Crippen LogP contribution in [0.5, 0.6) is 0 Å². The van der Waals surface area contributed by atoms with Crippen LogP contribution in [0, 0.1) is 0 Å². The summed E-state index contributed by atoms with van der Waals surface area (Å²) in [7, 11) is 0. The zero-order chi connectivity index (χ0) is 15.9. The van der Waals surface area contributed by atoms with Crippen LogP contribution in [0.4, 0.5) is 0 Å². The van der Waals surface area contributed by atoms with Crippen LogP contribution in [0.25, 0.3) is 16.4 Å². The molecule has 0 N–H and O–H groups in total. The summed E-state index contributed by atoms with van der Waals surface area (Å²) >= 11 is 9.66. The number of hydrogen-bond acceptors (Lipinski definition) is 4. The minimum atomic E-state index is -0.527. The van der Waals surface area contributed by atoms with Gasteiger partial charge in [0.1, 0.15) is 12.1 Å². The van der Waals surface area contributed by atoms with E-state index in [1.807, 2.05) is 24.3 Å². The van der Waals surface area contributed by atoms with E-state index in [0.29, 0.717) is 9.76 Å². The third kappa shape index (κ3) is 2.30. The van der Waals surface area contributed by atoms with Crippen LogP contribution in [-0.4, -0.2) is 26.8 Å². The zero-order valence-electron chi connectivity index (χ0n) is 11.5. The molecule has 114 valence electrons. The summed E-state index contributed by atoms with van der Waals surface area (Å²) in [5.41, 5.74) is 0.591. The molecule has 0 aliphatic rings. The normalized spacial score (nSPS) is 11.2. The van der Waals surface area contributed by atoms with Crippen LogP contribution in [-0.2, 0) is 16.1 Å². The van der Waals surface area contributed by atoms with Crippen molar-refractivity contribution in [3.05, 3.63) is 44.4 Å². The van der Waals surface area contributed by atoms with E-state index in [1.54, 1.807) is 11.3 Å². The van der Waals surface area contributed by atoms with Crippen LogP contribution >= 0.6 is 27.5 Å². The van der Waals surface area contributed by atoms with Crippen molar-refractivity contribution in [1.29, 1.82) is 0 Å². The molecule has 3 aromatic rings. The molecule has 0 spiro atoms. The van der Waals surface area contributed by atoms with Crippen LogP contribution < -0.4 is 5.56 Å². The summed E-state index contributed by atoms with van der Waals surface area (Å²) in [6.45, 7) is 1.68. The molecule has 1 aromatic carbocycles. The number of nitrogens with zero attached hydrogens (tertiary/aromatic N) is 3. The van der Waals surface area contributed by atoms with E-state index in [1.165, 1.54) is 0 Å². The third-order valence-electron chi connectivity index (χ3n) is 3.22. The van der Waals surface area contributed by atoms with Crippen LogP contribution in [0.2, 0.25) is 5.02 Å². The Hall–Kier alpha value is -1.86. The van der Waals surface area contributed by atoms with Crippen LogP contribution in [0.3, 0.4) is 0 Å². The number of fused-ring (bicyclic) bond motifs is 3. The highest BCUT2D eigenvalue weighted by Gasteiger charge is 2.19. The van der Waals surface area contributed by atoms with E-state index in [9.17, 15) is 9.59 Å². The maximum Gasteiger partial charge on any atom is 0.327 e. The molecule has 0 amide bonds. The minimum absolute atomic E-state index is 0.243. The molecule has 0 aliphatic carbocycles. The smallest absolute Gasteiger partial charge is 0.327 e. The second-order valence-corrected chi connectivity index (χ2v) is 5.64. The van der Waals surface area contributed by atoms with Gasteiger partial charge in [-0.15, -0.1) is 5.10 Å². The number of aromatic nitrogens is 3. The molecule has 0 fully saturated rings. The Morgan fingerprint density at radius 1 is 1.41 bits per heavy atom. The molecule has 0 saturated carbocycles. The molecule has 0 aliphatic heterocycles. The van der Waals surface area contributed by atoms with Crippen molar-refractivity contribution in [2.24, 2.45) is 0 Å². The van der Waals surface area contributed by atoms with Gasteiger partial charge in [0.2, 0.25) is 4.73 Å². The molecular weight excluding hydrogens is 374 g/mol. The second kappa shape index (κ2) is 5.73. The molecule has 0 atom stereocenters. The summed E-state index contributed by atoms with van der Waals surface area (Å²) < 4.78 is 7.90. The van der Waals surface area contributed by atoms with Gasteiger partial charge >= 0.3 is 5.97 Å². The Morgan fingerprint density at radius 2 is 2.14 bits per heavy atom. The first kappa shape index (κ1) is 15.1. The average Bonchev–Trinajstić information content (AvgIpc) is 2.79. The predicted molar refractivity (Wildman–Crippen MR) is 86.3 cm³/mol. The van der Waals surface area contributed by atoms with Crippen molar-refractivity contribution in [2.75, 3.05) is 6.61 Å². The number of carbonyl (C=O) groups is 1. The number of para-hydroxylation sites is 1. The SMILES string of the molecule is CCOC(=O)Cn1nc(Br)n2c(c(Cl)c3ccccc32)c1=O. The van der Waals surface area contributed by atoms with E-state index in [2.05, 4.69) is 21.0 Å². The van der Waals surface area contributed by atoms with Crippen molar-refractivity contribution in [3.8, 4) is 0 Å². The Bertz CT molecular complexity index is 948. The van der Waals surface area contributed by atoms with Gasteiger partial charge in [-0.3, -0.25) is 14.0 Å². The molecule has 0 unspecified atom stereocenters. The lowest BCUT2D eigenvalue weighted by molar-refractivity contribution is -0.144. The van der Waals surface area contributed by atoms with Crippen LogP contribution in [0.15, 0.2) is 33.8 Å². The Labute approximate surface area is 138 Å². The van der Waals surface area contributed by atoms with Crippen molar-refractivity contribution < 1.29 is 9.53 Å². The molecule has 0 radical (unpaired) electrons. The standard InChI is InChI=1S/C14H11BrClN3O3/c1-2-22-10(20)7-18-13(21)12-11(16)8-5-3-4-6-9(8)19(12)14(15)17-18/h3-6H,2,7H2,1H3. The summed E-state index contributed by atoms with van der Waals surface area (Å²) in [6.07, 6.45) is 0. The van der Waals surface area contributed by atoms with E-state index >= 15 is 0 Å². The van der Waals surface area contributed by atoms with Crippen molar-refractivity contribution in [1.82, 2.24) is 14.2 Å². The number of carbonyl (C=O) groups excluding carboxylic acids is 1. The van der Waals surface area contributed by atoms with Gasteiger partial charge in [0.05, 0.1) is 17.1 Å². The summed E-state index contributed by atoms with van der Waals surface area (Å²) in [6, 6.07) is 7.36. The van der Waals surface area contributed by atoms with E-state index in [4.69, 9.17) is 16.3 Å². The van der Waals surface area contributed by atoms with Gasteiger partial charge in [0.25, 0.3) is 5.56 Å². The summed E-state index contributed by atoms with van der Waals surface area (Å²) in [4.78, 5) is 24.2. The molecule has 22 heavy (non-hydrogen) atoms. The minimum Gasteiger partial charge on any atom is -0.465 e. The number of ether oxygens (including phenoxy) is 1. The maximum atomic E-state index is 12.6. The number of benzene rings is 1. The average molecular weight is 385 g/mol. The molecular formula is C14H11BrClN3O3. The topological polar surface area (TPSA) is 65.6 Å². The summed E-state index contributed by atoms with van der Waals surface area (Å²) in [5, 5.41) is 5.19. The zero-order valence-corrected chi connectivity index (χ0v) is 13.9. The van der Waals surface area contributed by atoms with Gasteiger partial charge in [-0.05, 0) is 28.9 Å². The van der Waals surface area contributed by atoms with Crippen molar-refractivity contribution in [3.63, 3.8) is 0 Å².